The summed E-state index contributed by atoms with van der Waals surface area (Å²) in [4.78, 5) is 14.5. The Morgan fingerprint density at radius 2 is 2.26 bits per heavy atom. The molecule has 1 aromatic heterocycles. The normalized spacial score (nSPS) is 12.4. The minimum Gasteiger partial charge on any atom is -0.385 e. The van der Waals surface area contributed by atoms with Gasteiger partial charge in [0.1, 0.15) is 11.7 Å². The second kappa shape index (κ2) is 5.15. The molecule has 0 saturated carbocycles. The number of hydrogen-bond donors (Lipinski definition) is 1. The predicted molar refractivity (Wildman–Crippen MR) is 66.4 cm³/mol. The summed E-state index contributed by atoms with van der Waals surface area (Å²) in [5.41, 5.74) is 0.853. The molecule has 2 aromatic rings. The summed E-state index contributed by atoms with van der Waals surface area (Å²) in [6.45, 7) is 3.50. The molecule has 7 nitrogen and oxygen atoms in total. The van der Waals surface area contributed by atoms with E-state index in [-0.39, 0.29) is 23.0 Å². The van der Waals surface area contributed by atoms with Gasteiger partial charge in [-0.05, 0) is 18.9 Å². The SMILES string of the molecule is CCC(O)c1noc(-c2c(C)cccc2[N+](=O)[O-])n1. The van der Waals surface area contributed by atoms with E-state index in [2.05, 4.69) is 10.1 Å². The number of aliphatic hydroxyl groups is 1. The number of benzene rings is 1. The molecule has 1 atom stereocenters. The molecule has 100 valence electrons. The summed E-state index contributed by atoms with van der Waals surface area (Å²) >= 11 is 0. The van der Waals surface area contributed by atoms with Crippen LogP contribution in [-0.2, 0) is 0 Å². The third-order valence-electron chi connectivity index (χ3n) is 2.79. The monoisotopic (exact) mass is 263 g/mol. The van der Waals surface area contributed by atoms with Crippen molar-refractivity contribution in [3.05, 3.63) is 39.7 Å². The Hall–Kier alpha value is -2.28. The van der Waals surface area contributed by atoms with Gasteiger partial charge in [-0.1, -0.05) is 24.2 Å². The Bertz CT molecular complexity index is 609. The molecule has 2 rings (SSSR count). The average Bonchev–Trinajstić information content (AvgIpc) is 2.86. The van der Waals surface area contributed by atoms with Crippen molar-refractivity contribution < 1.29 is 14.6 Å². The lowest BCUT2D eigenvalue weighted by atomic mass is 10.1. The van der Waals surface area contributed by atoms with E-state index >= 15 is 0 Å². The zero-order chi connectivity index (χ0) is 14.0. The number of aliphatic hydroxyl groups excluding tert-OH is 1. The van der Waals surface area contributed by atoms with Crippen LogP contribution in [0.15, 0.2) is 22.7 Å². The van der Waals surface area contributed by atoms with E-state index in [1.165, 1.54) is 6.07 Å². The van der Waals surface area contributed by atoms with E-state index in [9.17, 15) is 15.2 Å². The van der Waals surface area contributed by atoms with E-state index in [1.807, 2.05) is 0 Å². The fourth-order valence-electron chi connectivity index (χ4n) is 1.74. The van der Waals surface area contributed by atoms with Crippen LogP contribution in [0.4, 0.5) is 5.69 Å². The molecule has 1 heterocycles. The van der Waals surface area contributed by atoms with Gasteiger partial charge in [-0.3, -0.25) is 10.1 Å². The van der Waals surface area contributed by atoms with Crippen LogP contribution < -0.4 is 0 Å². The van der Waals surface area contributed by atoms with Crippen molar-refractivity contribution in [1.82, 2.24) is 10.1 Å². The Kier molecular flexibility index (Phi) is 3.57. The molecule has 0 saturated heterocycles. The zero-order valence-corrected chi connectivity index (χ0v) is 10.5. The van der Waals surface area contributed by atoms with Crippen molar-refractivity contribution in [2.45, 2.75) is 26.4 Å². The van der Waals surface area contributed by atoms with Crippen LogP contribution in [-0.4, -0.2) is 20.2 Å². The Balaban J connectivity index is 2.53. The highest BCUT2D eigenvalue weighted by Crippen LogP contribution is 2.32. The first-order valence-corrected chi connectivity index (χ1v) is 5.80. The fourth-order valence-corrected chi connectivity index (χ4v) is 1.74. The Morgan fingerprint density at radius 3 is 2.89 bits per heavy atom. The molecule has 0 bridgehead atoms. The van der Waals surface area contributed by atoms with Gasteiger partial charge in [-0.25, -0.2) is 0 Å². The second-order valence-electron chi connectivity index (χ2n) is 4.11. The van der Waals surface area contributed by atoms with E-state index < -0.39 is 11.0 Å². The summed E-state index contributed by atoms with van der Waals surface area (Å²) < 4.78 is 5.02. The van der Waals surface area contributed by atoms with E-state index in [1.54, 1.807) is 26.0 Å². The molecule has 1 N–H and O–H groups in total. The smallest absolute Gasteiger partial charge is 0.282 e. The summed E-state index contributed by atoms with van der Waals surface area (Å²) in [6.07, 6.45) is -0.393. The number of rotatable bonds is 4. The predicted octanol–water partition coefficient (Wildman–Crippen LogP) is 2.40. The lowest BCUT2D eigenvalue weighted by molar-refractivity contribution is -0.384. The van der Waals surface area contributed by atoms with Gasteiger partial charge in [0, 0.05) is 6.07 Å². The molecule has 0 aliphatic rings. The zero-order valence-electron chi connectivity index (χ0n) is 10.5. The molecule has 1 aromatic carbocycles. The summed E-state index contributed by atoms with van der Waals surface area (Å²) in [7, 11) is 0. The number of nitro benzene ring substituents is 1. The number of nitro groups is 1. The van der Waals surface area contributed by atoms with Crippen LogP contribution in [0.3, 0.4) is 0 Å². The largest absolute Gasteiger partial charge is 0.385 e. The second-order valence-corrected chi connectivity index (χ2v) is 4.11. The number of aromatic nitrogens is 2. The maximum absolute atomic E-state index is 11.0. The standard InChI is InChI=1S/C12H13N3O4/c1-3-9(16)11-13-12(19-14-11)10-7(2)5-4-6-8(10)15(17)18/h4-6,9,16H,3H2,1-2H3. The highest BCUT2D eigenvalue weighted by Gasteiger charge is 2.23. The van der Waals surface area contributed by atoms with Gasteiger partial charge in [0.2, 0.25) is 5.82 Å². The first-order chi connectivity index (χ1) is 9.04. The van der Waals surface area contributed by atoms with Crippen LogP contribution >= 0.6 is 0 Å². The van der Waals surface area contributed by atoms with Crippen LogP contribution in [0.1, 0.15) is 30.8 Å². The van der Waals surface area contributed by atoms with Gasteiger partial charge < -0.3 is 9.63 Å². The quantitative estimate of drug-likeness (QED) is 0.671. The van der Waals surface area contributed by atoms with E-state index in [4.69, 9.17) is 4.52 Å². The van der Waals surface area contributed by atoms with E-state index in [0.29, 0.717) is 12.0 Å². The van der Waals surface area contributed by atoms with Crippen molar-refractivity contribution in [1.29, 1.82) is 0 Å². The highest BCUT2D eigenvalue weighted by molar-refractivity contribution is 5.70. The van der Waals surface area contributed by atoms with Gasteiger partial charge in [-0.15, -0.1) is 0 Å². The molecule has 19 heavy (non-hydrogen) atoms. The van der Waals surface area contributed by atoms with Crippen LogP contribution in [0.25, 0.3) is 11.5 Å². The molecule has 0 amide bonds. The summed E-state index contributed by atoms with van der Waals surface area (Å²) in [5, 5.41) is 24.3. The first kappa shape index (κ1) is 13.2. The van der Waals surface area contributed by atoms with Crippen molar-refractivity contribution in [2.75, 3.05) is 0 Å². The van der Waals surface area contributed by atoms with Gasteiger partial charge in [0.05, 0.1) is 4.92 Å². The number of aryl methyl sites for hydroxylation is 1. The van der Waals surface area contributed by atoms with Crippen molar-refractivity contribution in [3.8, 4) is 11.5 Å². The number of nitrogens with zero attached hydrogens (tertiary/aromatic N) is 3. The van der Waals surface area contributed by atoms with E-state index in [0.717, 1.165) is 0 Å². The molecule has 0 radical (unpaired) electrons. The fraction of sp³-hybridized carbons (Fsp3) is 0.333. The van der Waals surface area contributed by atoms with Crippen molar-refractivity contribution >= 4 is 5.69 Å². The third-order valence-corrected chi connectivity index (χ3v) is 2.79. The molecular formula is C12H13N3O4. The molecule has 0 fully saturated rings. The molecule has 1 unspecified atom stereocenters. The van der Waals surface area contributed by atoms with Crippen molar-refractivity contribution in [2.24, 2.45) is 0 Å². The minimum absolute atomic E-state index is 0.0484. The molecular weight excluding hydrogens is 250 g/mol. The van der Waals surface area contributed by atoms with Gasteiger partial charge in [-0.2, -0.15) is 4.98 Å². The molecule has 0 aliphatic heterocycles. The number of hydrogen-bond acceptors (Lipinski definition) is 6. The van der Waals surface area contributed by atoms with Gasteiger partial charge in [0.15, 0.2) is 0 Å². The van der Waals surface area contributed by atoms with Gasteiger partial charge in [0.25, 0.3) is 11.6 Å². The summed E-state index contributed by atoms with van der Waals surface area (Å²) in [5.74, 6) is 0.183. The Labute approximate surface area is 109 Å². The van der Waals surface area contributed by atoms with Crippen LogP contribution in [0.5, 0.6) is 0 Å². The molecule has 0 spiro atoms. The highest BCUT2D eigenvalue weighted by atomic mass is 16.6. The van der Waals surface area contributed by atoms with Crippen molar-refractivity contribution in [3.63, 3.8) is 0 Å². The first-order valence-electron chi connectivity index (χ1n) is 5.80. The maximum Gasteiger partial charge on any atom is 0.282 e. The summed E-state index contributed by atoms with van der Waals surface area (Å²) in [6, 6.07) is 4.69. The topological polar surface area (TPSA) is 102 Å². The average molecular weight is 263 g/mol. The van der Waals surface area contributed by atoms with Crippen LogP contribution in [0, 0.1) is 17.0 Å². The lowest BCUT2D eigenvalue weighted by Crippen LogP contribution is -1.98. The minimum atomic E-state index is -0.833. The van der Waals surface area contributed by atoms with Gasteiger partial charge >= 0.3 is 0 Å². The Morgan fingerprint density at radius 1 is 1.53 bits per heavy atom. The third kappa shape index (κ3) is 2.45. The maximum atomic E-state index is 11.0. The molecule has 7 heteroatoms. The molecule has 0 aliphatic carbocycles. The lowest BCUT2D eigenvalue weighted by Gasteiger charge is -2.01. The van der Waals surface area contributed by atoms with Crippen LogP contribution in [0.2, 0.25) is 0 Å².